The second-order valence-electron chi connectivity index (χ2n) is 5.13. The highest BCUT2D eigenvalue weighted by molar-refractivity contribution is 5.95. The number of hydrogen-bond acceptors (Lipinski definition) is 5. The number of aromatic nitrogens is 1. The quantitative estimate of drug-likeness (QED) is 0.844. The Morgan fingerprint density at radius 3 is 2.50 bits per heavy atom. The third-order valence-corrected chi connectivity index (χ3v) is 3.72. The lowest BCUT2D eigenvalue weighted by molar-refractivity contribution is 0.0772. The van der Waals surface area contributed by atoms with Gasteiger partial charge in [0, 0.05) is 25.4 Å². The molecule has 0 aliphatic rings. The van der Waals surface area contributed by atoms with Crippen LogP contribution >= 0.6 is 0 Å². The number of nitrogens with zero attached hydrogens (tertiary/aromatic N) is 2. The Hall–Kier alpha value is -2.76. The first-order chi connectivity index (χ1) is 11.6. The summed E-state index contributed by atoms with van der Waals surface area (Å²) in [4.78, 5) is 18.4. The fourth-order valence-electron chi connectivity index (χ4n) is 2.39. The first kappa shape index (κ1) is 17.6. The smallest absolute Gasteiger partial charge is 0.255 e. The number of ether oxygens (including phenoxy) is 2. The van der Waals surface area contributed by atoms with Gasteiger partial charge in [-0.2, -0.15) is 0 Å². The van der Waals surface area contributed by atoms with Crippen molar-refractivity contribution in [1.82, 2.24) is 9.88 Å². The number of hydrogen-bond donors (Lipinski definition) is 1. The van der Waals surface area contributed by atoms with E-state index < -0.39 is 0 Å². The van der Waals surface area contributed by atoms with E-state index in [1.807, 2.05) is 32.0 Å². The largest absolute Gasteiger partial charge is 0.497 e. The van der Waals surface area contributed by atoms with Crippen LogP contribution in [0.4, 0.5) is 11.4 Å². The molecule has 0 fully saturated rings. The van der Waals surface area contributed by atoms with Crippen LogP contribution in [-0.2, 0) is 0 Å². The molecule has 0 unspecified atom stereocenters. The van der Waals surface area contributed by atoms with Crippen LogP contribution in [0.5, 0.6) is 11.5 Å². The predicted molar refractivity (Wildman–Crippen MR) is 94.3 cm³/mol. The van der Waals surface area contributed by atoms with Crippen molar-refractivity contribution in [3.63, 3.8) is 0 Å². The highest BCUT2D eigenvalue weighted by Gasteiger charge is 2.14. The van der Waals surface area contributed by atoms with Gasteiger partial charge in [-0.05, 0) is 32.0 Å². The number of carbonyl (C=O) groups excluding carboxylic acids is 1. The summed E-state index contributed by atoms with van der Waals surface area (Å²) in [5, 5.41) is 3.23. The van der Waals surface area contributed by atoms with E-state index in [1.165, 1.54) is 0 Å². The van der Waals surface area contributed by atoms with E-state index in [0.29, 0.717) is 35.8 Å². The Morgan fingerprint density at radius 1 is 1.12 bits per heavy atom. The molecule has 0 radical (unpaired) electrons. The molecule has 128 valence electrons. The average Bonchev–Trinajstić information content (AvgIpc) is 2.62. The van der Waals surface area contributed by atoms with Crippen molar-refractivity contribution in [2.75, 3.05) is 32.6 Å². The second kappa shape index (κ2) is 8.19. The number of amides is 1. The molecule has 0 atom stereocenters. The molecule has 0 saturated heterocycles. The summed E-state index contributed by atoms with van der Waals surface area (Å²) in [6, 6.07) is 7.26. The first-order valence-corrected chi connectivity index (χ1v) is 7.86. The Morgan fingerprint density at radius 2 is 1.88 bits per heavy atom. The molecule has 6 nitrogen and oxygen atoms in total. The average molecular weight is 329 g/mol. The fraction of sp³-hybridized carbons (Fsp3) is 0.333. The van der Waals surface area contributed by atoms with Crippen LogP contribution in [0.25, 0.3) is 0 Å². The fourth-order valence-corrected chi connectivity index (χ4v) is 2.39. The lowest BCUT2D eigenvalue weighted by Crippen LogP contribution is -2.30. The molecule has 0 aliphatic heterocycles. The van der Waals surface area contributed by atoms with Gasteiger partial charge in [0.1, 0.15) is 11.5 Å². The summed E-state index contributed by atoms with van der Waals surface area (Å²) < 4.78 is 10.6. The number of pyridine rings is 1. The predicted octanol–water partition coefficient (Wildman–Crippen LogP) is 3.32. The molecule has 1 heterocycles. The highest BCUT2D eigenvalue weighted by Crippen LogP contribution is 2.31. The monoisotopic (exact) mass is 329 g/mol. The van der Waals surface area contributed by atoms with Gasteiger partial charge in [0.15, 0.2) is 0 Å². The molecule has 24 heavy (non-hydrogen) atoms. The van der Waals surface area contributed by atoms with Gasteiger partial charge >= 0.3 is 0 Å². The molecule has 0 saturated carbocycles. The molecule has 0 bridgehead atoms. The molecule has 1 aromatic heterocycles. The van der Waals surface area contributed by atoms with Crippen molar-refractivity contribution in [2.24, 2.45) is 0 Å². The molecule has 0 aliphatic carbocycles. The van der Waals surface area contributed by atoms with Gasteiger partial charge in [-0.25, -0.2) is 0 Å². The van der Waals surface area contributed by atoms with E-state index in [-0.39, 0.29) is 5.91 Å². The maximum Gasteiger partial charge on any atom is 0.255 e. The topological polar surface area (TPSA) is 63.7 Å². The van der Waals surface area contributed by atoms with Gasteiger partial charge in [-0.1, -0.05) is 0 Å². The Kier molecular flexibility index (Phi) is 6.01. The number of anilines is 2. The zero-order chi connectivity index (χ0) is 17.5. The minimum Gasteiger partial charge on any atom is -0.497 e. The molecule has 6 heteroatoms. The number of methoxy groups -OCH3 is 2. The Bertz CT molecular complexity index is 700. The van der Waals surface area contributed by atoms with E-state index in [4.69, 9.17) is 9.47 Å². The summed E-state index contributed by atoms with van der Waals surface area (Å²) in [6.45, 7) is 5.24. The summed E-state index contributed by atoms with van der Waals surface area (Å²) in [6.07, 6.45) is 3.24. The van der Waals surface area contributed by atoms with Gasteiger partial charge in [-0.3, -0.25) is 9.78 Å². The molecular formula is C18H23N3O3. The van der Waals surface area contributed by atoms with Crippen LogP contribution in [0.15, 0.2) is 36.7 Å². The highest BCUT2D eigenvalue weighted by atomic mass is 16.5. The van der Waals surface area contributed by atoms with Gasteiger partial charge in [0.05, 0.1) is 37.4 Å². The number of nitrogens with one attached hydrogen (secondary N) is 1. The van der Waals surface area contributed by atoms with Gasteiger partial charge in [0.25, 0.3) is 5.91 Å². The number of carbonyl (C=O) groups is 1. The van der Waals surface area contributed by atoms with Crippen molar-refractivity contribution in [3.05, 3.63) is 42.2 Å². The van der Waals surface area contributed by atoms with E-state index in [0.717, 1.165) is 5.69 Å². The summed E-state index contributed by atoms with van der Waals surface area (Å²) in [5.41, 5.74) is 2.00. The van der Waals surface area contributed by atoms with E-state index in [1.54, 1.807) is 37.6 Å². The lowest BCUT2D eigenvalue weighted by atomic mass is 10.2. The first-order valence-electron chi connectivity index (χ1n) is 7.86. The van der Waals surface area contributed by atoms with Gasteiger partial charge < -0.3 is 19.7 Å². The van der Waals surface area contributed by atoms with Crippen molar-refractivity contribution in [3.8, 4) is 11.5 Å². The second-order valence-corrected chi connectivity index (χ2v) is 5.13. The van der Waals surface area contributed by atoms with Crippen LogP contribution in [-0.4, -0.2) is 43.1 Å². The van der Waals surface area contributed by atoms with Crippen molar-refractivity contribution >= 4 is 17.3 Å². The van der Waals surface area contributed by atoms with E-state index >= 15 is 0 Å². The minimum absolute atomic E-state index is 0.0336. The molecule has 2 rings (SSSR count). The number of rotatable bonds is 7. The minimum atomic E-state index is -0.0336. The van der Waals surface area contributed by atoms with E-state index in [9.17, 15) is 4.79 Å². The molecule has 0 spiro atoms. The van der Waals surface area contributed by atoms with Crippen LogP contribution in [0, 0.1) is 0 Å². The zero-order valence-corrected chi connectivity index (χ0v) is 14.5. The molecular weight excluding hydrogens is 306 g/mol. The normalized spacial score (nSPS) is 10.2. The molecule has 1 amide bonds. The van der Waals surface area contributed by atoms with Crippen LogP contribution < -0.4 is 14.8 Å². The Balaban J connectivity index is 2.28. The zero-order valence-electron chi connectivity index (χ0n) is 14.5. The van der Waals surface area contributed by atoms with Crippen LogP contribution in [0.2, 0.25) is 0 Å². The Labute approximate surface area is 142 Å². The van der Waals surface area contributed by atoms with Crippen molar-refractivity contribution in [1.29, 1.82) is 0 Å². The number of benzene rings is 1. The van der Waals surface area contributed by atoms with Crippen molar-refractivity contribution in [2.45, 2.75) is 13.8 Å². The lowest BCUT2D eigenvalue weighted by Gasteiger charge is -2.19. The summed E-state index contributed by atoms with van der Waals surface area (Å²) in [5.74, 6) is 1.35. The summed E-state index contributed by atoms with van der Waals surface area (Å²) >= 11 is 0. The maximum absolute atomic E-state index is 12.4. The van der Waals surface area contributed by atoms with Gasteiger partial charge in [-0.15, -0.1) is 0 Å². The van der Waals surface area contributed by atoms with Crippen LogP contribution in [0.3, 0.4) is 0 Å². The molecule has 2 aromatic rings. The van der Waals surface area contributed by atoms with Crippen LogP contribution in [0.1, 0.15) is 24.2 Å². The summed E-state index contributed by atoms with van der Waals surface area (Å²) in [7, 11) is 3.21. The standard InChI is InChI=1S/C18H23N3O3/c1-5-21(6-2)18(22)13-9-14(12-19-11-13)20-16-10-15(23-3)7-8-17(16)24-4/h7-12,20H,5-6H2,1-4H3. The molecule has 1 N–H and O–H groups in total. The van der Waals surface area contributed by atoms with E-state index in [2.05, 4.69) is 10.3 Å². The maximum atomic E-state index is 12.4. The third-order valence-electron chi connectivity index (χ3n) is 3.72. The van der Waals surface area contributed by atoms with Crippen molar-refractivity contribution < 1.29 is 14.3 Å². The van der Waals surface area contributed by atoms with Gasteiger partial charge in [0.2, 0.25) is 0 Å². The third kappa shape index (κ3) is 3.95. The SMILES string of the molecule is CCN(CC)C(=O)c1cncc(Nc2cc(OC)ccc2OC)c1. The molecule has 1 aromatic carbocycles.